The van der Waals surface area contributed by atoms with Crippen molar-refractivity contribution in [2.45, 2.75) is 18.6 Å². The normalized spacial score (nSPS) is 15.4. The third kappa shape index (κ3) is 4.45. The maximum atomic E-state index is 12.0. The van der Waals surface area contributed by atoms with Gasteiger partial charge >= 0.3 is 6.36 Å². The molecule has 0 amide bonds. The Morgan fingerprint density at radius 1 is 1.29 bits per heavy atom. The predicted molar refractivity (Wildman–Crippen MR) is 57.9 cm³/mol. The van der Waals surface area contributed by atoms with E-state index in [4.69, 9.17) is 0 Å². The molecule has 0 radical (unpaired) electrons. The van der Waals surface area contributed by atoms with Crippen LogP contribution >= 0.6 is 12.6 Å². The van der Waals surface area contributed by atoms with Crippen molar-refractivity contribution in [3.05, 3.63) is 29.8 Å². The van der Waals surface area contributed by atoms with E-state index >= 15 is 0 Å². The van der Waals surface area contributed by atoms with E-state index in [1.165, 1.54) is 12.1 Å². The van der Waals surface area contributed by atoms with Crippen LogP contribution in [0.25, 0.3) is 0 Å². The van der Waals surface area contributed by atoms with E-state index in [0.29, 0.717) is 0 Å². The average molecular weight is 268 g/mol. The lowest BCUT2D eigenvalue weighted by Gasteiger charge is -2.17. The van der Waals surface area contributed by atoms with E-state index in [1.54, 1.807) is 0 Å². The van der Waals surface area contributed by atoms with Gasteiger partial charge in [0.25, 0.3) is 0 Å². The molecular formula is C10H11F3O3S. The van der Waals surface area contributed by atoms with Crippen molar-refractivity contribution in [2.75, 3.05) is 5.75 Å². The van der Waals surface area contributed by atoms with E-state index < -0.39 is 24.3 Å². The van der Waals surface area contributed by atoms with Crippen LogP contribution in [0.2, 0.25) is 0 Å². The molecule has 0 spiro atoms. The first-order chi connectivity index (χ1) is 7.83. The van der Waals surface area contributed by atoms with Gasteiger partial charge in [-0.2, -0.15) is 12.6 Å². The summed E-state index contributed by atoms with van der Waals surface area (Å²) in [5.41, 5.74) is 0.133. The molecule has 0 bridgehead atoms. The zero-order chi connectivity index (χ0) is 13.1. The first-order valence-electron chi connectivity index (χ1n) is 4.66. The van der Waals surface area contributed by atoms with Gasteiger partial charge in [0.05, 0.1) is 6.10 Å². The fourth-order valence-electron chi connectivity index (χ4n) is 1.22. The van der Waals surface area contributed by atoms with Gasteiger partial charge in [0.15, 0.2) is 0 Å². The first-order valence-corrected chi connectivity index (χ1v) is 5.29. The number of aliphatic hydroxyl groups excluding tert-OH is 2. The molecule has 17 heavy (non-hydrogen) atoms. The number of hydrogen-bond acceptors (Lipinski definition) is 4. The Hall–Kier alpha value is -0.920. The second-order valence-corrected chi connectivity index (χ2v) is 3.68. The molecule has 0 aromatic heterocycles. The first kappa shape index (κ1) is 14.1. The lowest BCUT2D eigenvalue weighted by Crippen LogP contribution is -2.20. The van der Waals surface area contributed by atoms with Crippen molar-refractivity contribution in [3.8, 4) is 5.75 Å². The van der Waals surface area contributed by atoms with Crippen LogP contribution in [0.15, 0.2) is 24.3 Å². The summed E-state index contributed by atoms with van der Waals surface area (Å²) >= 11 is 3.78. The molecule has 2 unspecified atom stereocenters. The smallest absolute Gasteiger partial charge is 0.406 e. The molecule has 2 atom stereocenters. The van der Waals surface area contributed by atoms with Gasteiger partial charge in [-0.3, -0.25) is 0 Å². The molecule has 0 aliphatic heterocycles. The number of alkyl halides is 3. The summed E-state index contributed by atoms with van der Waals surface area (Å²) in [7, 11) is 0. The van der Waals surface area contributed by atoms with Crippen LogP contribution < -0.4 is 4.74 Å². The number of benzene rings is 1. The van der Waals surface area contributed by atoms with Crippen LogP contribution in [0.1, 0.15) is 11.7 Å². The fourth-order valence-corrected chi connectivity index (χ4v) is 1.42. The summed E-state index contributed by atoms with van der Waals surface area (Å²) in [6.07, 6.45) is -7.24. The standard InChI is InChI=1S/C10H11F3O3S/c11-10(12,13)16-7-3-1-2-6(4-7)9(15)8(14)5-17/h1-4,8-9,14-15,17H,5H2. The minimum Gasteiger partial charge on any atom is -0.406 e. The summed E-state index contributed by atoms with van der Waals surface area (Å²) in [6.45, 7) is 0. The molecule has 0 saturated carbocycles. The van der Waals surface area contributed by atoms with Crippen LogP contribution in [0, 0.1) is 0 Å². The fraction of sp³-hybridized carbons (Fsp3) is 0.400. The lowest BCUT2D eigenvalue weighted by molar-refractivity contribution is -0.274. The van der Waals surface area contributed by atoms with Crippen LogP contribution in [-0.4, -0.2) is 28.4 Å². The van der Waals surface area contributed by atoms with Gasteiger partial charge < -0.3 is 14.9 Å². The highest BCUT2D eigenvalue weighted by molar-refractivity contribution is 7.80. The summed E-state index contributed by atoms with van der Waals surface area (Å²) in [5, 5.41) is 18.9. The van der Waals surface area contributed by atoms with Crippen LogP contribution in [-0.2, 0) is 0 Å². The van der Waals surface area contributed by atoms with Gasteiger partial charge in [0, 0.05) is 5.75 Å². The predicted octanol–water partition coefficient (Wildman–Crippen LogP) is 1.91. The van der Waals surface area contributed by atoms with Gasteiger partial charge in [0.2, 0.25) is 0 Å². The maximum Gasteiger partial charge on any atom is 0.573 e. The van der Waals surface area contributed by atoms with E-state index in [2.05, 4.69) is 17.4 Å². The molecule has 1 rings (SSSR count). The minimum absolute atomic E-state index is 0.00841. The number of hydrogen-bond donors (Lipinski definition) is 3. The molecule has 3 nitrogen and oxygen atoms in total. The molecule has 1 aromatic carbocycles. The van der Waals surface area contributed by atoms with Crippen molar-refractivity contribution >= 4 is 12.6 Å². The van der Waals surface area contributed by atoms with Gasteiger partial charge in [-0.1, -0.05) is 12.1 Å². The average Bonchev–Trinajstić information content (AvgIpc) is 2.25. The monoisotopic (exact) mass is 268 g/mol. The van der Waals surface area contributed by atoms with Gasteiger partial charge in [0.1, 0.15) is 11.9 Å². The van der Waals surface area contributed by atoms with Crippen molar-refractivity contribution in [1.82, 2.24) is 0 Å². The van der Waals surface area contributed by atoms with Gasteiger partial charge in [-0.25, -0.2) is 0 Å². The van der Waals surface area contributed by atoms with Gasteiger partial charge in [-0.15, -0.1) is 13.2 Å². The number of rotatable bonds is 4. The number of ether oxygens (including phenoxy) is 1. The van der Waals surface area contributed by atoms with Crippen LogP contribution in [0.5, 0.6) is 5.75 Å². The molecule has 0 saturated heterocycles. The summed E-state index contributed by atoms with van der Waals surface area (Å²) < 4.78 is 39.6. The van der Waals surface area contributed by atoms with Crippen molar-refractivity contribution in [1.29, 1.82) is 0 Å². The molecule has 0 aliphatic rings. The van der Waals surface area contributed by atoms with Gasteiger partial charge in [-0.05, 0) is 17.7 Å². The Morgan fingerprint density at radius 3 is 2.47 bits per heavy atom. The Bertz CT molecular complexity index is 370. The Kier molecular flexibility index (Phi) is 4.67. The molecule has 1 aromatic rings. The van der Waals surface area contributed by atoms with Crippen molar-refractivity contribution < 1.29 is 28.1 Å². The second kappa shape index (κ2) is 5.61. The van der Waals surface area contributed by atoms with Crippen molar-refractivity contribution in [3.63, 3.8) is 0 Å². The molecule has 2 N–H and O–H groups in total. The zero-order valence-electron chi connectivity index (χ0n) is 8.55. The van der Waals surface area contributed by atoms with E-state index in [-0.39, 0.29) is 11.3 Å². The maximum absolute atomic E-state index is 12.0. The SMILES string of the molecule is OC(CS)C(O)c1cccc(OC(F)(F)F)c1. The topological polar surface area (TPSA) is 49.7 Å². The van der Waals surface area contributed by atoms with E-state index in [9.17, 15) is 23.4 Å². The Labute approximate surface area is 101 Å². The summed E-state index contributed by atoms with van der Waals surface area (Å²) in [6, 6.07) is 4.81. The number of thiol groups is 1. The highest BCUT2D eigenvalue weighted by atomic mass is 32.1. The van der Waals surface area contributed by atoms with Crippen LogP contribution in [0.4, 0.5) is 13.2 Å². The minimum atomic E-state index is -4.79. The largest absolute Gasteiger partial charge is 0.573 e. The summed E-state index contributed by atoms with van der Waals surface area (Å²) in [5.74, 6) is -0.452. The molecular weight excluding hydrogens is 257 g/mol. The molecule has 0 fully saturated rings. The lowest BCUT2D eigenvalue weighted by atomic mass is 10.1. The van der Waals surface area contributed by atoms with Crippen LogP contribution in [0.3, 0.4) is 0 Å². The Balaban J connectivity index is 2.86. The van der Waals surface area contributed by atoms with Crippen molar-refractivity contribution in [2.24, 2.45) is 0 Å². The Morgan fingerprint density at radius 2 is 1.94 bits per heavy atom. The molecule has 0 heterocycles. The third-order valence-electron chi connectivity index (χ3n) is 1.98. The highest BCUT2D eigenvalue weighted by Crippen LogP contribution is 2.26. The number of aliphatic hydroxyl groups is 2. The quantitative estimate of drug-likeness (QED) is 0.731. The zero-order valence-corrected chi connectivity index (χ0v) is 9.45. The van der Waals surface area contributed by atoms with E-state index in [0.717, 1.165) is 12.1 Å². The third-order valence-corrected chi connectivity index (χ3v) is 2.36. The van der Waals surface area contributed by atoms with E-state index in [1.807, 2.05) is 0 Å². The molecule has 7 heteroatoms. The molecule has 96 valence electrons. The second-order valence-electron chi connectivity index (χ2n) is 3.32. The number of halogens is 3. The summed E-state index contributed by atoms with van der Waals surface area (Å²) in [4.78, 5) is 0. The molecule has 0 aliphatic carbocycles. The highest BCUT2D eigenvalue weighted by Gasteiger charge is 2.31.